The van der Waals surface area contributed by atoms with E-state index < -0.39 is 0 Å². The third-order valence-electron chi connectivity index (χ3n) is 3.36. The van der Waals surface area contributed by atoms with E-state index in [4.69, 9.17) is 9.47 Å². The first-order valence-corrected chi connectivity index (χ1v) is 7.01. The van der Waals surface area contributed by atoms with E-state index in [0.29, 0.717) is 13.0 Å². The number of methoxy groups -OCH3 is 1. The van der Waals surface area contributed by atoms with Crippen molar-refractivity contribution in [1.82, 2.24) is 5.32 Å². The number of likely N-dealkylation sites (N-methyl/N-ethyl adjacent to an activating group) is 1. The smallest absolute Gasteiger partial charge is 0.322 e. The molecule has 4 heteroatoms. The second kappa shape index (κ2) is 7.90. The van der Waals surface area contributed by atoms with Crippen LogP contribution < -0.4 is 10.1 Å². The number of ether oxygens (including phenoxy) is 2. The Balaban J connectivity index is 2.61. The maximum Gasteiger partial charge on any atom is 0.322 e. The number of esters is 1. The van der Waals surface area contributed by atoms with Crippen molar-refractivity contribution in [2.75, 3.05) is 20.3 Å². The van der Waals surface area contributed by atoms with Crippen molar-refractivity contribution in [3.8, 4) is 5.75 Å². The monoisotopic (exact) mass is 279 g/mol. The van der Waals surface area contributed by atoms with Crippen molar-refractivity contribution in [2.24, 2.45) is 0 Å². The van der Waals surface area contributed by atoms with Crippen LogP contribution in [0.15, 0.2) is 12.1 Å². The molecule has 0 aliphatic heterocycles. The first kappa shape index (κ1) is 16.5. The SMILES string of the molecule is CCNC(CCOc1cc(C)cc(C)c1C)C(=O)OC. The number of benzene rings is 1. The van der Waals surface area contributed by atoms with Gasteiger partial charge in [0, 0.05) is 6.42 Å². The fraction of sp³-hybridized carbons (Fsp3) is 0.562. The Morgan fingerprint density at radius 1 is 1.30 bits per heavy atom. The van der Waals surface area contributed by atoms with Gasteiger partial charge in [-0.3, -0.25) is 4.79 Å². The maximum atomic E-state index is 11.6. The number of nitrogens with one attached hydrogen (secondary N) is 1. The molecule has 0 bridgehead atoms. The average molecular weight is 279 g/mol. The molecule has 1 aromatic rings. The van der Waals surface area contributed by atoms with Gasteiger partial charge in [0.2, 0.25) is 0 Å². The quantitative estimate of drug-likeness (QED) is 0.779. The first-order chi connectivity index (χ1) is 9.49. The Hall–Kier alpha value is -1.55. The van der Waals surface area contributed by atoms with E-state index in [9.17, 15) is 4.79 Å². The molecule has 0 aliphatic carbocycles. The lowest BCUT2D eigenvalue weighted by molar-refractivity contribution is -0.143. The van der Waals surface area contributed by atoms with Crippen LogP contribution in [0, 0.1) is 20.8 Å². The van der Waals surface area contributed by atoms with Gasteiger partial charge in [-0.2, -0.15) is 0 Å². The fourth-order valence-electron chi connectivity index (χ4n) is 2.13. The van der Waals surface area contributed by atoms with Crippen LogP contribution in [0.1, 0.15) is 30.0 Å². The summed E-state index contributed by atoms with van der Waals surface area (Å²) in [5.41, 5.74) is 3.55. The van der Waals surface area contributed by atoms with Gasteiger partial charge in [-0.25, -0.2) is 0 Å². The van der Waals surface area contributed by atoms with Crippen LogP contribution in [-0.4, -0.2) is 32.3 Å². The van der Waals surface area contributed by atoms with E-state index in [1.54, 1.807) is 0 Å². The molecule has 0 aliphatic rings. The number of rotatable bonds is 7. The lowest BCUT2D eigenvalue weighted by atomic mass is 10.1. The van der Waals surface area contributed by atoms with Gasteiger partial charge in [-0.15, -0.1) is 0 Å². The molecule has 0 fully saturated rings. The number of carbonyl (C=O) groups excluding carboxylic acids is 1. The highest BCUT2D eigenvalue weighted by Gasteiger charge is 2.17. The normalized spacial score (nSPS) is 12.1. The van der Waals surface area contributed by atoms with Crippen molar-refractivity contribution in [2.45, 2.75) is 40.2 Å². The molecule has 1 N–H and O–H groups in total. The summed E-state index contributed by atoms with van der Waals surface area (Å²) >= 11 is 0. The standard InChI is InChI=1S/C16H25NO3/c1-6-17-14(16(18)19-5)7-8-20-15-10-11(2)9-12(3)13(15)4/h9-10,14,17H,6-8H2,1-5H3. The van der Waals surface area contributed by atoms with E-state index in [0.717, 1.165) is 17.9 Å². The maximum absolute atomic E-state index is 11.6. The van der Waals surface area contributed by atoms with Gasteiger partial charge in [0.05, 0.1) is 13.7 Å². The minimum atomic E-state index is -0.309. The number of hydrogen-bond donors (Lipinski definition) is 1. The zero-order valence-electron chi connectivity index (χ0n) is 13.1. The molecule has 0 saturated carbocycles. The molecule has 112 valence electrons. The lowest BCUT2D eigenvalue weighted by Gasteiger charge is -2.17. The van der Waals surface area contributed by atoms with Crippen LogP contribution in [0.25, 0.3) is 0 Å². The van der Waals surface area contributed by atoms with Crippen LogP contribution >= 0.6 is 0 Å². The first-order valence-electron chi connectivity index (χ1n) is 7.01. The zero-order valence-corrected chi connectivity index (χ0v) is 13.1. The van der Waals surface area contributed by atoms with Crippen molar-refractivity contribution in [3.05, 3.63) is 28.8 Å². The molecule has 0 amide bonds. The van der Waals surface area contributed by atoms with E-state index >= 15 is 0 Å². The van der Waals surface area contributed by atoms with Gasteiger partial charge in [0.1, 0.15) is 11.8 Å². The van der Waals surface area contributed by atoms with Crippen LogP contribution in [0.4, 0.5) is 0 Å². The van der Waals surface area contributed by atoms with Crippen LogP contribution in [0.3, 0.4) is 0 Å². The summed E-state index contributed by atoms with van der Waals surface area (Å²) in [7, 11) is 1.40. The molecule has 1 aromatic carbocycles. The summed E-state index contributed by atoms with van der Waals surface area (Å²) in [4.78, 5) is 11.6. The summed E-state index contributed by atoms with van der Waals surface area (Å²) < 4.78 is 10.6. The van der Waals surface area contributed by atoms with Gasteiger partial charge in [0.25, 0.3) is 0 Å². The zero-order chi connectivity index (χ0) is 15.1. The summed E-state index contributed by atoms with van der Waals surface area (Å²) in [5, 5.41) is 3.10. The number of aryl methyl sites for hydroxylation is 2. The van der Waals surface area contributed by atoms with E-state index in [1.165, 1.54) is 18.2 Å². The molecule has 0 heterocycles. The summed E-state index contributed by atoms with van der Waals surface area (Å²) in [6.07, 6.45) is 0.590. The predicted octanol–water partition coefficient (Wildman–Crippen LogP) is 2.53. The molecule has 0 spiro atoms. The minimum absolute atomic E-state index is 0.243. The van der Waals surface area contributed by atoms with E-state index in [1.807, 2.05) is 19.9 Å². The van der Waals surface area contributed by atoms with Crippen molar-refractivity contribution >= 4 is 5.97 Å². The topological polar surface area (TPSA) is 47.6 Å². The average Bonchev–Trinajstić information content (AvgIpc) is 2.42. The van der Waals surface area contributed by atoms with Crippen LogP contribution in [-0.2, 0) is 9.53 Å². The molecule has 0 radical (unpaired) electrons. The van der Waals surface area contributed by atoms with Crippen LogP contribution in [0.5, 0.6) is 5.75 Å². The molecule has 20 heavy (non-hydrogen) atoms. The molecule has 1 unspecified atom stereocenters. The van der Waals surface area contributed by atoms with Crippen molar-refractivity contribution in [1.29, 1.82) is 0 Å². The second-order valence-electron chi connectivity index (χ2n) is 4.98. The Kier molecular flexibility index (Phi) is 6.52. The molecule has 0 saturated heterocycles. The second-order valence-corrected chi connectivity index (χ2v) is 4.98. The fourth-order valence-corrected chi connectivity index (χ4v) is 2.13. The summed E-state index contributed by atoms with van der Waals surface area (Å²) in [6, 6.07) is 3.86. The third-order valence-corrected chi connectivity index (χ3v) is 3.36. The highest BCUT2D eigenvalue weighted by molar-refractivity contribution is 5.75. The molecular formula is C16H25NO3. The minimum Gasteiger partial charge on any atom is -0.493 e. The Labute approximate surface area is 121 Å². The van der Waals surface area contributed by atoms with Gasteiger partial charge in [0.15, 0.2) is 0 Å². The van der Waals surface area contributed by atoms with Gasteiger partial charge in [-0.1, -0.05) is 13.0 Å². The molecule has 1 rings (SSSR count). The Morgan fingerprint density at radius 3 is 2.60 bits per heavy atom. The van der Waals surface area contributed by atoms with Gasteiger partial charge >= 0.3 is 5.97 Å². The molecule has 4 nitrogen and oxygen atoms in total. The molecular weight excluding hydrogens is 254 g/mol. The molecule has 0 aromatic heterocycles. The highest BCUT2D eigenvalue weighted by atomic mass is 16.5. The third kappa shape index (κ3) is 4.53. The van der Waals surface area contributed by atoms with Crippen LogP contribution in [0.2, 0.25) is 0 Å². The lowest BCUT2D eigenvalue weighted by Crippen LogP contribution is -2.38. The summed E-state index contributed by atoms with van der Waals surface area (Å²) in [6.45, 7) is 9.34. The predicted molar refractivity (Wildman–Crippen MR) is 80.2 cm³/mol. The highest BCUT2D eigenvalue weighted by Crippen LogP contribution is 2.23. The van der Waals surface area contributed by atoms with Crippen molar-refractivity contribution < 1.29 is 14.3 Å². The summed E-state index contributed by atoms with van der Waals surface area (Å²) in [5.74, 6) is 0.648. The van der Waals surface area contributed by atoms with Gasteiger partial charge < -0.3 is 14.8 Å². The number of hydrogen-bond acceptors (Lipinski definition) is 4. The van der Waals surface area contributed by atoms with Crippen molar-refractivity contribution in [3.63, 3.8) is 0 Å². The van der Waals surface area contributed by atoms with E-state index in [2.05, 4.69) is 25.2 Å². The van der Waals surface area contributed by atoms with Gasteiger partial charge in [-0.05, 0) is 50.1 Å². The number of carbonyl (C=O) groups is 1. The Morgan fingerprint density at radius 2 is 2.00 bits per heavy atom. The van der Waals surface area contributed by atoms with E-state index in [-0.39, 0.29) is 12.0 Å². The molecule has 1 atom stereocenters. The Bertz CT molecular complexity index is 457. The largest absolute Gasteiger partial charge is 0.493 e.